The van der Waals surface area contributed by atoms with Crippen molar-refractivity contribution < 1.29 is 13.2 Å². The van der Waals surface area contributed by atoms with Crippen molar-refractivity contribution >= 4 is 27.0 Å². The minimum Gasteiger partial charge on any atom is -0.336 e. The highest BCUT2D eigenvalue weighted by Gasteiger charge is 2.32. The van der Waals surface area contributed by atoms with E-state index in [0.29, 0.717) is 43.1 Å². The van der Waals surface area contributed by atoms with Gasteiger partial charge in [-0.25, -0.2) is 4.98 Å². The van der Waals surface area contributed by atoms with Crippen molar-refractivity contribution in [1.29, 1.82) is 0 Å². The molecule has 8 nitrogen and oxygen atoms in total. The second-order valence-corrected chi connectivity index (χ2v) is 9.50. The van der Waals surface area contributed by atoms with Crippen LogP contribution in [0.1, 0.15) is 24.2 Å². The van der Waals surface area contributed by atoms with E-state index in [-0.39, 0.29) is 19.0 Å². The standard InChI is InChI=1S/C23H27N5O3S/c1-3-27(4-2)32(30,31)28-15-13-26(14-16-28)23(29)19-17-22(21-11-7-8-12-24-21)25-20-10-6-5-9-18(19)20/h5-12,17H,3-4,13-16H2,1-2H3. The number of amides is 1. The fourth-order valence-corrected chi connectivity index (χ4v) is 5.61. The topological polar surface area (TPSA) is 86.7 Å². The van der Waals surface area contributed by atoms with Crippen LogP contribution in [0.4, 0.5) is 0 Å². The lowest BCUT2D eigenvalue weighted by molar-refractivity contribution is 0.0696. The molecule has 3 aromatic rings. The first-order valence-corrected chi connectivity index (χ1v) is 12.2. The van der Waals surface area contributed by atoms with E-state index < -0.39 is 10.2 Å². The Morgan fingerprint density at radius 1 is 0.969 bits per heavy atom. The normalized spacial score (nSPS) is 15.4. The molecule has 1 aliphatic heterocycles. The highest BCUT2D eigenvalue weighted by atomic mass is 32.2. The summed E-state index contributed by atoms with van der Waals surface area (Å²) in [7, 11) is -3.51. The Morgan fingerprint density at radius 2 is 1.66 bits per heavy atom. The second-order valence-electron chi connectivity index (χ2n) is 7.57. The van der Waals surface area contributed by atoms with E-state index in [9.17, 15) is 13.2 Å². The minimum absolute atomic E-state index is 0.124. The Morgan fingerprint density at radius 3 is 2.31 bits per heavy atom. The molecule has 9 heteroatoms. The van der Waals surface area contributed by atoms with E-state index in [2.05, 4.69) is 9.97 Å². The molecule has 0 unspecified atom stereocenters. The number of rotatable bonds is 6. The number of fused-ring (bicyclic) bond motifs is 1. The van der Waals surface area contributed by atoms with Crippen molar-refractivity contribution in [3.63, 3.8) is 0 Å². The summed E-state index contributed by atoms with van der Waals surface area (Å²) >= 11 is 0. The third kappa shape index (κ3) is 4.23. The number of carbonyl (C=O) groups excluding carboxylic acids is 1. The van der Waals surface area contributed by atoms with Crippen molar-refractivity contribution in [2.45, 2.75) is 13.8 Å². The molecule has 32 heavy (non-hydrogen) atoms. The molecular weight excluding hydrogens is 426 g/mol. The minimum atomic E-state index is -3.51. The summed E-state index contributed by atoms with van der Waals surface area (Å²) in [6.45, 7) is 5.75. The number of nitrogens with zero attached hydrogens (tertiary/aromatic N) is 5. The SMILES string of the molecule is CCN(CC)S(=O)(=O)N1CCN(C(=O)c2cc(-c3ccccn3)nc3ccccc23)CC1. The fraction of sp³-hybridized carbons (Fsp3) is 0.348. The van der Waals surface area contributed by atoms with E-state index in [1.165, 1.54) is 8.61 Å². The molecule has 0 saturated carbocycles. The van der Waals surface area contributed by atoms with Gasteiger partial charge in [0.25, 0.3) is 16.1 Å². The van der Waals surface area contributed by atoms with Crippen LogP contribution in [0.5, 0.6) is 0 Å². The van der Waals surface area contributed by atoms with E-state index in [0.717, 1.165) is 10.9 Å². The van der Waals surface area contributed by atoms with Gasteiger partial charge in [-0.1, -0.05) is 38.1 Å². The summed E-state index contributed by atoms with van der Waals surface area (Å²) in [5.74, 6) is -0.124. The summed E-state index contributed by atoms with van der Waals surface area (Å²) in [5.41, 5.74) is 2.61. The third-order valence-corrected chi connectivity index (χ3v) is 7.94. The third-order valence-electron chi connectivity index (χ3n) is 5.76. The zero-order valence-electron chi connectivity index (χ0n) is 18.3. The summed E-state index contributed by atoms with van der Waals surface area (Å²) in [4.78, 5) is 24.3. The van der Waals surface area contributed by atoms with E-state index >= 15 is 0 Å². The van der Waals surface area contributed by atoms with Crippen molar-refractivity contribution in [3.8, 4) is 11.4 Å². The zero-order chi connectivity index (χ0) is 22.7. The van der Waals surface area contributed by atoms with Gasteiger partial charge in [0.05, 0.1) is 22.5 Å². The van der Waals surface area contributed by atoms with Gasteiger partial charge in [-0.2, -0.15) is 17.0 Å². The molecule has 4 rings (SSSR count). The molecule has 0 bridgehead atoms. The van der Waals surface area contributed by atoms with Gasteiger partial charge in [0.15, 0.2) is 0 Å². The van der Waals surface area contributed by atoms with Crippen LogP contribution in [0, 0.1) is 0 Å². The lowest BCUT2D eigenvalue weighted by atomic mass is 10.0. The summed E-state index contributed by atoms with van der Waals surface area (Å²) in [6.07, 6.45) is 1.70. The van der Waals surface area contributed by atoms with Gasteiger partial charge in [0.1, 0.15) is 0 Å². The van der Waals surface area contributed by atoms with E-state index in [4.69, 9.17) is 0 Å². The van der Waals surface area contributed by atoms with Gasteiger partial charge in [0, 0.05) is 50.9 Å². The molecule has 0 aliphatic carbocycles. The summed E-state index contributed by atoms with van der Waals surface area (Å²) < 4.78 is 28.5. The molecule has 1 saturated heterocycles. The number of piperazine rings is 1. The van der Waals surface area contributed by atoms with Crippen LogP contribution in [0.3, 0.4) is 0 Å². The molecule has 2 aromatic heterocycles. The van der Waals surface area contributed by atoms with Crippen LogP contribution in [0.25, 0.3) is 22.3 Å². The second kappa shape index (κ2) is 9.32. The molecule has 1 amide bonds. The van der Waals surface area contributed by atoms with Crippen LogP contribution in [-0.2, 0) is 10.2 Å². The smallest absolute Gasteiger partial charge is 0.282 e. The van der Waals surface area contributed by atoms with Crippen molar-refractivity contribution in [3.05, 3.63) is 60.3 Å². The van der Waals surface area contributed by atoms with Gasteiger partial charge in [0.2, 0.25) is 0 Å². The van der Waals surface area contributed by atoms with Crippen LogP contribution < -0.4 is 0 Å². The first-order chi connectivity index (χ1) is 15.5. The average molecular weight is 454 g/mol. The molecule has 0 atom stereocenters. The average Bonchev–Trinajstić information content (AvgIpc) is 2.84. The van der Waals surface area contributed by atoms with E-state index in [1.54, 1.807) is 17.2 Å². The monoisotopic (exact) mass is 453 g/mol. The van der Waals surface area contributed by atoms with Gasteiger partial charge in [-0.15, -0.1) is 0 Å². The predicted octanol–water partition coefficient (Wildman–Crippen LogP) is 2.64. The number of hydrogen-bond donors (Lipinski definition) is 0. The van der Waals surface area contributed by atoms with Gasteiger partial charge >= 0.3 is 0 Å². The molecule has 0 N–H and O–H groups in total. The quantitative estimate of drug-likeness (QED) is 0.573. The Balaban J connectivity index is 1.61. The number of pyridine rings is 2. The predicted molar refractivity (Wildman–Crippen MR) is 124 cm³/mol. The fourth-order valence-electron chi connectivity index (χ4n) is 4.00. The van der Waals surface area contributed by atoms with Gasteiger partial charge in [-0.3, -0.25) is 9.78 Å². The maximum Gasteiger partial charge on any atom is 0.282 e. The molecule has 1 aromatic carbocycles. The molecule has 0 radical (unpaired) electrons. The lowest BCUT2D eigenvalue weighted by Gasteiger charge is -2.36. The maximum atomic E-state index is 13.5. The Hall–Kier alpha value is -2.88. The molecule has 1 aliphatic rings. The van der Waals surface area contributed by atoms with E-state index in [1.807, 2.05) is 56.3 Å². The maximum absolute atomic E-state index is 13.5. The molecule has 0 spiro atoms. The molecular formula is C23H27N5O3S. The van der Waals surface area contributed by atoms with Gasteiger partial charge < -0.3 is 4.90 Å². The van der Waals surface area contributed by atoms with Crippen LogP contribution in [0.2, 0.25) is 0 Å². The Bertz CT molecular complexity index is 1200. The lowest BCUT2D eigenvalue weighted by Crippen LogP contribution is -2.54. The first kappa shape index (κ1) is 22.3. The highest BCUT2D eigenvalue weighted by Crippen LogP contribution is 2.25. The summed E-state index contributed by atoms with van der Waals surface area (Å²) in [5, 5.41) is 0.773. The zero-order valence-corrected chi connectivity index (χ0v) is 19.1. The number of aromatic nitrogens is 2. The highest BCUT2D eigenvalue weighted by molar-refractivity contribution is 7.86. The molecule has 168 valence electrons. The molecule has 1 fully saturated rings. The number of hydrogen-bond acceptors (Lipinski definition) is 5. The van der Waals surface area contributed by atoms with Gasteiger partial charge in [-0.05, 0) is 24.3 Å². The Labute approximate surface area is 188 Å². The van der Waals surface area contributed by atoms with Crippen molar-refractivity contribution in [2.75, 3.05) is 39.3 Å². The number of para-hydroxylation sites is 1. The van der Waals surface area contributed by atoms with Crippen LogP contribution in [0.15, 0.2) is 54.7 Å². The van der Waals surface area contributed by atoms with Crippen molar-refractivity contribution in [1.82, 2.24) is 23.5 Å². The largest absolute Gasteiger partial charge is 0.336 e. The molecule has 3 heterocycles. The first-order valence-electron chi connectivity index (χ1n) is 10.8. The number of benzene rings is 1. The van der Waals surface area contributed by atoms with Crippen LogP contribution in [-0.4, -0.2) is 77.1 Å². The van der Waals surface area contributed by atoms with Crippen molar-refractivity contribution in [2.24, 2.45) is 0 Å². The van der Waals surface area contributed by atoms with Crippen LogP contribution >= 0.6 is 0 Å². The summed E-state index contributed by atoms with van der Waals surface area (Å²) in [6, 6.07) is 14.9. The number of carbonyl (C=O) groups is 1. The Kier molecular flexibility index (Phi) is 6.50.